The second kappa shape index (κ2) is 10.2. The molecule has 1 amide bonds. The molecular formula is C16H14Cl2I3NO5. The van der Waals surface area contributed by atoms with E-state index >= 15 is 0 Å². The maximum absolute atomic E-state index is 12.6. The zero-order valence-corrected chi connectivity index (χ0v) is 22.1. The number of hydrogen-bond donors (Lipinski definition) is 1. The summed E-state index contributed by atoms with van der Waals surface area (Å²) in [6, 6.07) is 0. The van der Waals surface area contributed by atoms with Crippen LogP contribution < -0.4 is 5.32 Å². The molecule has 0 bridgehead atoms. The predicted molar refractivity (Wildman–Crippen MR) is 128 cm³/mol. The van der Waals surface area contributed by atoms with E-state index in [1.807, 2.05) is 67.8 Å². The van der Waals surface area contributed by atoms with Crippen LogP contribution in [-0.4, -0.2) is 35.9 Å². The molecule has 0 radical (unpaired) electrons. The standard InChI is InChI=1S/C16H14Cl2I3NO5/c1-5(2)6-3-26-16(27-4-6)15(25)22-12-10(20)7(13(17)23)9(19)8(11(12)21)14(18)24/h5-6,16H,3-4H2,1-2H3,(H,22,25). The van der Waals surface area contributed by atoms with Crippen molar-refractivity contribution in [2.45, 2.75) is 20.1 Å². The first-order valence-electron chi connectivity index (χ1n) is 7.70. The number of carbonyl (C=O) groups excluding carboxylic acids is 3. The first kappa shape index (κ1) is 24.0. The number of carbonyl (C=O) groups is 3. The Morgan fingerprint density at radius 1 is 0.963 bits per heavy atom. The molecule has 1 aliphatic heterocycles. The molecule has 1 N–H and O–H groups in total. The van der Waals surface area contributed by atoms with Crippen molar-refractivity contribution in [3.8, 4) is 0 Å². The van der Waals surface area contributed by atoms with E-state index < -0.39 is 22.7 Å². The van der Waals surface area contributed by atoms with E-state index in [1.54, 1.807) is 0 Å². The lowest BCUT2D eigenvalue weighted by molar-refractivity contribution is -0.204. The van der Waals surface area contributed by atoms with Gasteiger partial charge >= 0.3 is 0 Å². The van der Waals surface area contributed by atoms with E-state index in [0.717, 1.165) is 0 Å². The van der Waals surface area contributed by atoms with Gasteiger partial charge in [0.25, 0.3) is 16.4 Å². The molecule has 0 saturated carbocycles. The van der Waals surface area contributed by atoms with Crippen LogP contribution in [0, 0.1) is 22.5 Å². The van der Waals surface area contributed by atoms with Gasteiger partial charge in [-0.25, -0.2) is 0 Å². The van der Waals surface area contributed by atoms with Gasteiger partial charge in [0, 0.05) is 9.49 Å². The number of nitrogens with one attached hydrogen (secondary N) is 1. The number of rotatable bonds is 5. The van der Waals surface area contributed by atoms with Gasteiger partial charge in [0.2, 0.25) is 6.29 Å². The Kier molecular flexibility index (Phi) is 9.02. The second-order valence-electron chi connectivity index (χ2n) is 6.11. The van der Waals surface area contributed by atoms with Crippen LogP contribution in [0.2, 0.25) is 0 Å². The Hall–Kier alpha value is 0.720. The van der Waals surface area contributed by atoms with Crippen LogP contribution in [0.15, 0.2) is 0 Å². The molecule has 6 nitrogen and oxygen atoms in total. The number of halogens is 5. The molecule has 0 atom stereocenters. The van der Waals surface area contributed by atoms with Gasteiger partial charge in [-0.3, -0.25) is 14.4 Å². The quantitative estimate of drug-likeness (QED) is 0.345. The van der Waals surface area contributed by atoms with Crippen molar-refractivity contribution in [1.29, 1.82) is 0 Å². The van der Waals surface area contributed by atoms with Crippen LogP contribution in [0.1, 0.15) is 34.6 Å². The molecule has 1 aromatic rings. The van der Waals surface area contributed by atoms with Crippen LogP contribution >= 0.6 is 91.0 Å². The molecule has 2 rings (SSSR count). The maximum Gasteiger partial charge on any atom is 0.281 e. The molecule has 148 valence electrons. The minimum Gasteiger partial charge on any atom is -0.344 e. The average molecular weight is 752 g/mol. The number of benzene rings is 1. The summed E-state index contributed by atoms with van der Waals surface area (Å²) in [6.07, 6.45) is -1.07. The Labute approximate surface area is 207 Å². The minimum atomic E-state index is -1.07. The summed E-state index contributed by atoms with van der Waals surface area (Å²) in [7, 11) is 0. The van der Waals surface area contributed by atoms with Crippen LogP contribution in [0.25, 0.3) is 0 Å². The average Bonchev–Trinajstić information content (AvgIpc) is 2.57. The molecule has 0 spiro atoms. The predicted octanol–water partition coefficient (Wildman–Crippen LogP) is 4.84. The van der Waals surface area contributed by atoms with Crippen molar-refractivity contribution in [2.75, 3.05) is 18.5 Å². The number of ether oxygens (including phenoxy) is 2. The molecule has 27 heavy (non-hydrogen) atoms. The largest absolute Gasteiger partial charge is 0.344 e. The van der Waals surface area contributed by atoms with E-state index in [0.29, 0.717) is 29.8 Å². The van der Waals surface area contributed by atoms with Gasteiger partial charge in [-0.15, -0.1) is 0 Å². The molecule has 1 aromatic carbocycles. The number of anilines is 1. The van der Waals surface area contributed by atoms with E-state index in [-0.39, 0.29) is 22.7 Å². The smallest absolute Gasteiger partial charge is 0.281 e. The highest BCUT2D eigenvalue weighted by atomic mass is 127. The highest BCUT2D eigenvalue weighted by Crippen LogP contribution is 2.37. The van der Waals surface area contributed by atoms with Crippen molar-refractivity contribution in [1.82, 2.24) is 0 Å². The lowest BCUT2D eigenvalue weighted by Gasteiger charge is -2.30. The Morgan fingerprint density at radius 3 is 1.78 bits per heavy atom. The molecule has 1 saturated heterocycles. The van der Waals surface area contributed by atoms with Crippen LogP contribution in [-0.2, 0) is 14.3 Å². The zero-order valence-electron chi connectivity index (χ0n) is 14.1. The summed E-state index contributed by atoms with van der Waals surface area (Å²) in [5.41, 5.74) is 0.499. The van der Waals surface area contributed by atoms with Crippen molar-refractivity contribution < 1.29 is 23.9 Å². The SMILES string of the molecule is CC(C)C1COC(C(=O)Nc2c(I)c(C(=O)Cl)c(I)c(C(=O)Cl)c2I)OC1. The highest BCUT2D eigenvalue weighted by Gasteiger charge is 2.32. The lowest BCUT2D eigenvalue weighted by atomic mass is 9.97. The minimum absolute atomic E-state index is 0.114. The molecule has 1 heterocycles. The van der Waals surface area contributed by atoms with E-state index in [4.69, 9.17) is 32.7 Å². The summed E-state index contributed by atoms with van der Waals surface area (Å²) in [6.45, 7) is 4.94. The van der Waals surface area contributed by atoms with Crippen LogP contribution in [0.5, 0.6) is 0 Å². The monoisotopic (exact) mass is 751 g/mol. The molecule has 0 aliphatic carbocycles. The number of amides is 1. The Morgan fingerprint density at radius 2 is 1.41 bits per heavy atom. The van der Waals surface area contributed by atoms with Gasteiger partial charge in [0.05, 0.1) is 37.2 Å². The number of hydrogen-bond acceptors (Lipinski definition) is 5. The van der Waals surface area contributed by atoms with Crippen molar-refractivity contribution in [3.63, 3.8) is 0 Å². The fraction of sp³-hybridized carbons (Fsp3) is 0.438. The van der Waals surface area contributed by atoms with Gasteiger partial charge < -0.3 is 14.8 Å². The first-order valence-corrected chi connectivity index (χ1v) is 11.7. The molecule has 1 aliphatic rings. The summed E-state index contributed by atoms with van der Waals surface area (Å²) >= 11 is 17.0. The normalized spacial score (nSPS) is 19.9. The van der Waals surface area contributed by atoms with Gasteiger partial charge in [0.15, 0.2) is 0 Å². The molecule has 1 fully saturated rings. The molecule has 0 aromatic heterocycles. The lowest BCUT2D eigenvalue weighted by Crippen LogP contribution is -2.42. The summed E-state index contributed by atoms with van der Waals surface area (Å²) in [5, 5.41) is 1.18. The summed E-state index contributed by atoms with van der Waals surface area (Å²) < 4.78 is 12.2. The van der Waals surface area contributed by atoms with Crippen molar-refractivity contribution >= 4 is 113 Å². The van der Waals surface area contributed by atoms with Crippen molar-refractivity contribution in [2.24, 2.45) is 11.8 Å². The van der Waals surface area contributed by atoms with Gasteiger partial charge in [-0.05, 0) is 96.9 Å². The maximum atomic E-state index is 12.6. The Bertz CT molecular complexity index is 754. The van der Waals surface area contributed by atoms with E-state index in [2.05, 4.69) is 19.2 Å². The van der Waals surface area contributed by atoms with E-state index in [9.17, 15) is 14.4 Å². The third-order valence-electron chi connectivity index (χ3n) is 4.04. The second-order valence-corrected chi connectivity index (χ2v) is 10.0. The van der Waals surface area contributed by atoms with E-state index in [1.165, 1.54) is 0 Å². The zero-order chi connectivity index (χ0) is 20.5. The third-order valence-corrected chi connectivity index (χ3v) is 7.65. The Balaban J connectivity index is 2.34. The van der Waals surface area contributed by atoms with Gasteiger partial charge in [0.1, 0.15) is 0 Å². The van der Waals surface area contributed by atoms with Gasteiger partial charge in [-0.1, -0.05) is 13.8 Å². The topological polar surface area (TPSA) is 81.7 Å². The first-order chi connectivity index (χ1) is 12.6. The molecular weight excluding hydrogens is 738 g/mol. The van der Waals surface area contributed by atoms with Crippen LogP contribution in [0.3, 0.4) is 0 Å². The third kappa shape index (κ3) is 5.45. The fourth-order valence-corrected chi connectivity index (χ4v) is 7.79. The summed E-state index contributed by atoms with van der Waals surface area (Å²) in [5.74, 6) is 0.0606. The molecule has 11 heteroatoms. The summed E-state index contributed by atoms with van der Waals surface area (Å²) in [4.78, 5) is 36.3. The van der Waals surface area contributed by atoms with Gasteiger partial charge in [-0.2, -0.15) is 0 Å². The molecule has 0 unspecified atom stereocenters. The van der Waals surface area contributed by atoms with Crippen LogP contribution in [0.4, 0.5) is 5.69 Å². The fourth-order valence-electron chi connectivity index (χ4n) is 2.36. The van der Waals surface area contributed by atoms with Crippen molar-refractivity contribution in [3.05, 3.63) is 21.8 Å². The highest BCUT2D eigenvalue weighted by molar-refractivity contribution is 14.1.